The number of hydrogen-bond acceptors (Lipinski definition) is 1. The van der Waals surface area contributed by atoms with E-state index in [0.717, 1.165) is 12.1 Å². The summed E-state index contributed by atoms with van der Waals surface area (Å²) in [7, 11) is 0. The van der Waals surface area contributed by atoms with E-state index in [1.165, 1.54) is 38.5 Å². The van der Waals surface area contributed by atoms with E-state index in [1.54, 1.807) is 0 Å². The van der Waals surface area contributed by atoms with E-state index in [2.05, 4.69) is 6.08 Å². The van der Waals surface area contributed by atoms with E-state index in [-0.39, 0.29) is 0 Å². The molecule has 0 aliphatic heterocycles. The molecule has 1 rings (SSSR count). The summed E-state index contributed by atoms with van der Waals surface area (Å²) < 4.78 is 0. The molecular weight excluding hydrogens is 122 g/mol. The van der Waals surface area contributed by atoms with Gasteiger partial charge in [0.1, 0.15) is 0 Å². The Hall–Kier alpha value is -0.460. The molecule has 0 unspecified atom stereocenters. The maximum atomic E-state index is 5.73. The largest absolute Gasteiger partial charge is 0.402 e. The molecule has 2 N–H and O–H groups in total. The van der Waals surface area contributed by atoms with Gasteiger partial charge in [0.2, 0.25) is 0 Å². The monoisotopic (exact) mass is 139 g/mol. The van der Waals surface area contributed by atoms with E-state index >= 15 is 0 Å². The second-order valence-electron chi connectivity index (χ2n) is 3.09. The highest BCUT2D eigenvalue weighted by molar-refractivity contribution is 4.96. The minimum absolute atomic E-state index is 1.11. The molecule has 10 heavy (non-hydrogen) atoms. The summed E-state index contributed by atoms with van der Waals surface area (Å²) in [5.41, 5.74) is 6.85. The third kappa shape index (κ3) is 2.90. The zero-order valence-electron chi connectivity index (χ0n) is 6.60. The summed E-state index contributed by atoms with van der Waals surface area (Å²) in [4.78, 5) is 0. The lowest BCUT2D eigenvalue weighted by molar-refractivity contribution is 0.628. The summed E-state index contributed by atoms with van der Waals surface area (Å²) in [6, 6.07) is 0. The smallest absolute Gasteiger partial charge is 0.00399 e. The third-order valence-electron chi connectivity index (χ3n) is 2.08. The molecule has 0 aromatic rings. The second-order valence-corrected chi connectivity index (χ2v) is 3.09. The Morgan fingerprint density at radius 2 is 1.70 bits per heavy atom. The number of rotatable bonds is 0. The molecule has 1 aliphatic rings. The van der Waals surface area contributed by atoms with E-state index in [1.807, 2.05) is 0 Å². The predicted octanol–water partition coefficient (Wildman–Crippen LogP) is 2.57. The van der Waals surface area contributed by atoms with Gasteiger partial charge in [-0.25, -0.2) is 0 Å². The average Bonchev–Trinajstić information content (AvgIpc) is 2.02. The van der Waals surface area contributed by atoms with Crippen LogP contribution >= 0.6 is 0 Å². The summed E-state index contributed by atoms with van der Waals surface area (Å²) in [5, 5.41) is 0. The Kier molecular flexibility index (Phi) is 3.34. The molecule has 0 radical (unpaired) electrons. The van der Waals surface area contributed by atoms with Crippen molar-refractivity contribution >= 4 is 0 Å². The van der Waals surface area contributed by atoms with Crippen molar-refractivity contribution in [1.29, 1.82) is 0 Å². The van der Waals surface area contributed by atoms with Crippen molar-refractivity contribution in [3.63, 3.8) is 0 Å². The van der Waals surface area contributed by atoms with Crippen molar-refractivity contribution in [3.05, 3.63) is 11.8 Å². The summed E-state index contributed by atoms with van der Waals surface area (Å²) in [6.45, 7) is 0. The first-order valence-corrected chi connectivity index (χ1v) is 4.34. The highest BCUT2D eigenvalue weighted by atomic mass is 14.6. The van der Waals surface area contributed by atoms with Crippen LogP contribution in [0.2, 0.25) is 0 Å². The van der Waals surface area contributed by atoms with Gasteiger partial charge in [-0.2, -0.15) is 0 Å². The van der Waals surface area contributed by atoms with E-state index in [0.29, 0.717) is 0 Å². The molecule has 0 saturated heterocycles. The van der Waals surface area contributed by atoms with Gasteiger partial charge in [-0.3, -0.25) is 0 Å². The second kappa shape index (κ2) is 4.37. The summed E-state index contributed by atoms with van der Waals surface area (Å²) >= 11 is 0. The molecule has 0 saturated carbocycles. The fraction of sp³-hybridized carbons (Fsp3) is 0.778. The predicted molar refractivity (Wildman–Crippen MR) is 44.6 cm³/mol. The van der Waals surface area contributed by atoms with Crippen molar-refractivity contribution in [3.8, 4) is 0 Å². The van der Waals surface area contributed by atoms with Gasteiger partial charge in [-0.15, -0.1) is 0 Å². The van der Waals surface area contributed by atoms with Gasteiger partial charge in [0.15, 0.2) is 0 Å². The van der Waals surface area contributed by atoms with Gasteiger partial charge in [0.05, 0.1) is 0 Å². The van der Waals surface area contributed by atoms with Crippen LogP contribution in [0.5, 0.6) is 0 Å². The molecule has 58 valence electrons. The standard InChI is InChI=1S/C9H17N/c10-9-7-5-3-1-2-4-6-8-9/h7H,1-6,8,10H2/b9-7+. The average molecular weight is 139 g/mol. The first-order chi connectivity index (χ1) is 4.89. The normalized spacial score (nSPS) is 27.4. The molecule has 0 atom stereocenters. The summed E-state index contributed by atoms with van der Waals surface area (Å²) in [5.74, 6) is 0. The van der Waals surface area contributed by atoms with E-state index in [9.17, 15) is 0 Å². The van der Waals surface area contributed by atoms with Gasteiger partial charge in [-0.05, 0) is 25.7 Å². The third-order valence-corrected chi connectivity index (χ3v) is 2.08. The fourth-order valence-corrected chi connectivity index (χ4v) is 1.39. The van der Waals surface area contributed by atoms with Crippen molar-refractivity contribution in [2.45, 2.75) is 44.9 Å². The maximum absolute atomic E-state index is 5.73. The quantitative estimate of drug-likeness (QED) is 0.548. The van der Waals surface area contributed by atoms with E-state index < -0.39 is 0 Å². The zero-order chi connectivity index (χ0) is 7.23. The molecule has 0 heterocycles. The molecule has 1 nitrogen and oxygen atoms in total. The van der Waals surface area contributed by atoms with Crippen molar-refractivity contribution in [2.24, 2.45) is 5.73 Å². The lowest BCUT2D eigenvalue weighted by Gasteiger charge is -1.97. The van der Waals surface area contributed by atoms with Gasteiger partial charge < -0.3 is 5.73 Å². The highest BCUT2D eigenvalue weighted by Crippen LogP contribution is 2.13. The van der Waals surface area contributed by atoms with Gasteiger partial charge in [-0.1, -0.05) is 25.3 Å². The number of nitrogens with two attached hydrogens (primary N) is 1. The highest BCUT2D eigenvalue weighted by Gasteiger charge is 1.96. The Morgan fingerprint density at radius 3 is 2.60 bits per heavy atom. The van der Waals surface area contributed by atoms with Gasteiger partial charge in [0, 0.05) is 5.70 Å². The zero-order valence-corrected chi connectivity index (χ0v) is 6.60. The van der Waals surface area contributed by atoms with E-state index in [4.69, 9.17) is 5.73 Å². The minimum Gasteiger partial charge on any atom is -0.402 e. The molecule has 0 spiro atoms. The topological polar surface area (TPSA) is 26.0 Å². The molecule has 1 heteroatoms. The first kappa shape index (κ1) is 7.64. The molecule has 0 aromatic carbocycles. The van der Waals surface area contributed by atoms with Crippen LogP contribution in [0.25, 0.3) is 0 Å². The molecule has 0 bridgehead atoms. The van der Waals surface area contributed by atoms with Crippen LogP contribution in [0.1, 0.15) is 44.9 Å². The molecule has 1 aliphatic carbocycles. The van der Waals surface area contributed by atoms with Crippen molar-refractivity contribution < 1.29 is 0 Å². The van der Waals surface area contributed by atoms with Crippen molar-refractivity contribution in [2.75, 3.05) is 0 Å². The van der Waals surface area contributed by atoms with Crippen LogP contribution in [-0.2, 0) is 0 Å². The van der Waals surface area contributed by atoms with Crippen LogP contribution in [-0.4, -0.2) is 0 Å². The fourth-order valence-electron chi connectivity index (χ4n) is 1.39. The van der Waals surface area contributed by atoms with Crippen LogP contribution in [0, 0.1) is 0 Å². The van der Waals surface area contributed by atoms with Crippen LogP contribution < -0.4 is 5.73 Å². The molecule has 0 fully saturated rings. The Labute approximate surface area is 63.3 Å². The maximum Gasteiger partial charge on any atom is 0.00399 e. The first-order valence-electron chi connectivity index (χ1n) is 4.34. The Bertz CT molecular complexity index is 116. The van der Waals surface area contributed by atoms with Gasteiger partial charge in [0.25, 0.3) is 0 Å². The molecule has 0 amide bonds. The minimum atomic E-state index is 1.11. The molecular formula is C9H17N. The van der Waals surface area contributed by atoms with Crippen LogP contribution in [0.4, 0.5) is 0 Å². The van der Waals surface area contributed by atoms with Crippen molar-refractivity contribution in [1.82, 2.24) is 0 Å². The Balaban J connectivity index is 2.29. The van der Waals surface area contributed by atoms with Crippen LogP contribution in [0.3, 0.4) is 0 Å². The SMILES string of the molecule is N/C1=C/CCCCCCC1. The van der Waals surface area contributed by atoms with Gasteiger partial charge >= 0.3 is 0 Å². The Morgan fingerprint density at radius 1 is 1.00 bits per heavy atom. The number of allylic oxidation sites excluding steroid dienone is 2. The lowest BCUT2D eigenvalue weighted by Crippen LogP contribution is -1.95. The van der Waals surface area contributed by atoms with Crippen LogP contribution in [0.15, 0.2) is 11.8 Å². The molecule has 0 aromatic heterocycles. The number of hydrogen-bond donors (Lipinski definition) is 1. The lowest BCUT2D eigenvalue weighted by atomic mass is 10.1. The summed E-state index contributed by atoms with van der Waals surface area (Å²) in [6.07, 6.45) is 11.3.